The van der Waals surface area contributed by atoms with Crippen LogP contribution in [0.25, 0.3) is 11.1 Å². The topological polar surface area (TPSA) is 39.9 Å². The Kier molecular flexibility index (Phi) is 4.49. The quantitative estimate of drug-likeness (QED) is 0.700. The van der Waals surface area contributed by atoms with Gasteiger partial charge in [-0.1, -0.05) is 18.7 Å². The first-order valence-corrected chi connectivity index (χ1v) is 8.62. The van der Waals surface area contributed by atoms with Gasteiger partial charge in [-0.2, -0.15) is 5.10 Å². The summed E-state index contributed by atoms with van der Waals surface area (Å²) >= 11 is 3.46. The first-order chi connectivity index (χ1) is 10.7. The van der Waals surface area contributed by atoms with Crippen molar-refractivity contribution in [1.29, 1.82) is 0 Å². The van der Waals surface area contributed by atoms with Gasteiger partial charge in [0.2, 0.25) is 0 Å². The molecule has 0 amide bonds. The Balaban J connectivity index is 1.93. The van der Waals surface area contributed by atoms with Crippen molar-refractivity contribution in [3.8, 4) is 16.9 Å². The van der Waals surface area contributed by atoms with Crippen LogP contribution in [0.1, 0.15) is 11.9 Å². The fraction of sp³-hybridized carbons (Fsp3) is 0.250. The van der Waals surface area contributed by atoms with Gasteiger partial charge in [-0.25, -0.2) is 4.98 Å². The molecule has 6 heteroatoms. The minimum absolute atomic E-state index is 0.851. The maximum absolute atomic E-state index is 5.44. The van der Waals surface area contributed by atoms with Gasteiger partial charge in [0, 0.05) is 23.7 Å². The van der Waals surface area contributed by atoms with E-state index >= 15 is 0 Å². The number of hydrogen-bond acceptors (Lipinski definition) is 5. The molecule has 22 heavy (non-hydrogen) atoms. The summed E-state index contributed by atoms with van der Waals surface area (Å²) in [5, 5.41) is 5.40. The van der Waals surface area contributed by atoms with Crippen molar-refractivity contribution in [3.63, 3.8) is 0 Å². The minimum Gasteiger partial charge on any atom is -0.497 e. The molecule has 114 valence electrons. The average Bonchev–Trinajstić information content (AvgIpc) is 3.15. The number of thiazole rings is 1. The molecule has 0 atom stereocenters. The van der Waals surface area contributed by atoms with Crippen LogP contribution in [0.5, 0.6) is 5.75 Å². The Morgan fingerprint density at radius 2 is 2.09 bits per heavy atom. The van der Waals surface area contributed by atoms with Gasteiger partial charge in [0.25, 0.3) is 0 Å². The van der Waals surface area contributed by atoms with E-state index in [1.165, 1.54) is 4.21 Å². The molecule has 0 unspecified atom stereocenters. The van der Waals surface area contributed by atoms with Gasteiger partial charge < -0.3 is 4.74 Å². The van der Waals surface area contributed by atoms with E-state index in [2.05, 4.69) is 29.1 Å². The molecular weight excluding hydrogens is 314 g/mol. The van der Waals surface area contributed by atoms with Gasteiger partial charge in [0.05, 0.1) is 28.7 Å². The van der Waals surface area contributed by atoms with Crippen LogP contribution in [0.15, 0.2) is 45.9 Å². The van der Waals surface area contributed by atoms with Gasteiger partial charge >= 0.3 is 0 Å². The lowest BCUT2D eigenvalue weighted by Gasteiger charge is -2.07. The molecule has 0 aliphatic carbocycles. The van der Waals surface area contributed by atoms with Gasteiger partial charge in [-0.3, -0.25) is 4.68 Å². The Morgan fingerprint density at radius 1 is 1.23 bits per heavy atom. The summed E-state index contributed by atoms with van der Waals surface area (Å²) in [7, 11) is 3.61. The number of nitrogens with zero attached hydrogens (tertiary/aromatic N) is 3. The Bertz CT molecular complexity index is 779. The number of rotatable bonds is 5. The highest BCUT2D eigenvalue weighted by molar-refractivity contribution is 8.01. The van der Waals surface area contributed by atoms with E-state index in [4.69, 9.17) is 4.74 Å². The zero-order chi connectivity index (χ0) is 15.5. The lowest BCUT2D eigenvalue weighted by molar-refractivity contribution is 0.414. The SMILES string of the molecule is CCc1ncc(Sc2cc(OC)cc(-c3cnn(C)c3)c2)s1. The predicted molar refractivity (Wildman–Crippen MR) is 90.8 cm³/mol. The second-order valence-corrected chi connectivity index (χ2v) is 7.32. The van der Waals surface area contributed by atoms with Crippen molar-refractivity contribution < 1.29 is 4.74 Å². The van der Waals surface area contributed by atoms with Gasteiger partial charge in [-0.05, 0) is 30.2 Å². The summed E-state index contributed by atoms with van der Waals surface area (Å²) in [6.07, 6.45) is 6.79. The van der Waals surface area contributed by atoms with Crippen LogP contribution in [0.4, 0.5) is 0 Å². The molecule has 2 heterocycles. The van der Waals surface area contributed by atoms with E-state index in [1.54, 1.807) is 34.9 Å². The van der Waals surface area contributed by atoms with Crippen molar-refractivity contribution >= 4 is 23.1 Å². The summed E-state index contributed by atoms with van der Waals surface area (Å²) in [4.78, 5) is 5.55. The third kappa shape index (κ3) is 3.34. The summed E-state index contributed by atoms with van der Waals surface area (Å²) in [6.45, 7) is 2.12. The monoisotopic (exact) mass is 331 g/mol. The Labute approximate surface area is 138 Å². The van der Waals surface area contributed by atoms with Crippen molar-refractivity contribution in [2.24, 2.45) is 7.05 Å². The number of ether oxygens (including phenoxy) is 1. The van der Waals surface area contributed by atoms with Crippen LogP contribution in [0.2, 0.25) is 0 Å². The fourth-order valence-corrected chi connectivity index (χ4v) is 4.14. The molecule has 3 aromatic rings. The summed E-state index contributed by atoms with van der Waals surface area (Å²) in [6, 6.07) is 6.25. The first kappa shape index (κ1) is 15.1. The molecule has 1 aromatic carbocycles. The van der Waals surface area contributed by atoms with E-state index in [1.807, 2.05) is 31.7 Å². The molecule has 2 aromatic heterocycles. The smallest absolute Gasteiger partial charge is 0.120 e. The summed E-state index contributed by atoms with van der Waals surface area (Å²) < 4.78 is 8.44. The van der Waals surface area contributed by atoms with Gasteiger partial charge in [-0.15, -0.1) is 11.3 Å². The zero-order valence-corrected chi connectivity index (χ0v) is 14.4. The molecule has 0 saturated carbocycles. The lowest BCUT2D eigenvalue weighted by atomic mass is 10.1. The largest absolute Gasteiger partial charge is 0.497 e. The third-order valence-electron chi connectivity index (χ3n) is 3.21. The standard InChI is InChI=1S/C16H17N3OS2/c1-4-15-17-9-16(22-15)21-14-6-11(5-13(7-14)20-3)12-8-18-19(2)10-12/h5-10H,4H2,1-3H3. The van der Waals surface area contributed by atoms with E-state index in [0.29, 0.717) is 0 Å². The summed E-state index contributed by atoms with van der Waals surface area (Å²) in [5.74, 6) is 0.851. The fourth-order valence-electron chi connectivity index (χ4n) is 2.11. The number of benzene rings is 1. The highest BCUT2D eigenvalue weighted by atomic mass is 32.2. The molecule has 0 aliphatic heterocycles. The lowest BCUT2D eigenvalue weighted by Crippen LogP contribution is -1.86. The van der Waals surface area contributed by atoms with Crippen LogP contribution < -0.4 is 4.74 Å². The second kappa shape index (κ2) is 6.54. The van der Waals surface area contributed by atoms with Crippen molar-refractivity contribution in [2.45, 2.75) is 22.4 Å². The average molecular weight is 331 g/mol. The highest BCUT2D eigenvalue weighted by Crippen LogP contribution is 2.36. The van der Waals surface area contributed by atoms with Crippen LogP contribution >= 0.6 is 23.1 Å². The molecule has 0 fully saturated rings. The van der Waals surface area contributed by atoms with Crippen molar-refractivity contribution in [2.75, 3.05) is 7.11 Å². The number of aromatic nitrogens is 3. The van der Waals surface area contributed by atoms with Crippen molar-refractivity contribution in [3.05, 3.63) is 41.8 Å². The van der Waals surface area contributed by atoms with Crippen LogP contribution in [0, 0.1) is 0 Å². The molecule has 0 N–H and O–H groups in total. The van der Waals surface area contributed by atoms with Gasteiger partial charge in [0.15, 0.2) is 0 Å². The normalized spacial score (nSPS) is 10.9. The van der Waals surface area contributed by atoms with Crippen LogP contribution in [0.3, 0.4) is 0 Å². The summed E-state index contributed by atoms with van der Waals surface area (Å²) in [5.41, 5.74) is 2.19. The third-order valence-corrected chi connectivity index (χ3v) is 5.42. The number of aryl methyl sites for hydroxylation is 2. The van der Waals surface area contributed by atoms with E-state index in [0.717, 1.165) is 33.2 Å². The van der Waals surface area contributed by atoms with E-state index in [-0.39, 0.29) is 0 Å². The van der Waals surface area contributed by atoms with Gasteiger partial charge in [0.1, 0.15) is 5.75 Å². The van der Waals surface area contributed by atoms with Crippen molar-refractivity contribution in [1.82, 2.24) is 14.8 Å². The molecule has 0 spiro atoms. The van der Waals surface area contributed by atoms with Crippen LogP contribution in [-0.2, 0) is 13.5 Å². The predicted octanol–water partition coefficient (Wildman–Crippen LogP) is 4.27. The molecular formula is C16H17N3OS2. The van der Waals surface area contributed by atoms with E-state index in [9.17, 15) is 0 Å². The van der Waals surface area contributed by atoms with E-state index < -0.39 is 0 Å². The zero-order valence-electron chi connectivity index (χ0n) is 12.7. The Hall–Kier alpha value is -1.79. The molecule has 0 saturated heterocycles. The highest BCUT2D eigenvalue weighted by Gasteiger charge is 2.08. The Morgan fingerprint density at radius 3 is 2.73 bits per heavy atom. The molecule has 3 rings (SSSR count). The molecule has 0 bridgehead atoms. The molecule has 4 nitrogen and oxygen atoms in total. The maximum atomic E-state index is 5.44. The van der Waals surface area contributed by atoms with Crippen LogP contribution in [-0.4, -0.2) is 21.9 Å². The second-order valence-electron chi connectivity index (χ2n) is 4.83. The molecule has 0 aliphatic rings. The first-order valence-electron chi connectivity index (χ1n) is 6.98. The molecule has 0 radical (unpaired) electrons. The minimum atomic E-state index is 0.851. The number of hydrogen-bond donors (Lipinski definition) is 0. The number of methoxy groups -OCH3 is 1. The maximum Gasteiger partial charge on any atom is 0.120 e.